The van der Waals surface area contributed by atoms with Gasteiger partial charge in [0.2, 0.25) is 5.91 Å². The summed E-state index contributed by atoms with van der Waals surface area (Å²) in [6.07, 6.45) is 1.56. The smallest absolute Gasteiger partial charge is 0.276 e. The van der Waals surface area contributed by atoms with E-state index in [-0.39, 0.29) is 11.7 Å². The minimum Gasteiger partial charge on any atom is -0.462 e. The first kappa shape index (κ1) is 16.7. The van der Waals surface area contributed by atoms with Crippen molar-refractivity contribution in [2.75, 3.05) is 11.1 Å². The van der Waals surface area contributed by atoms with Crippen LogP contribution in [0.5, 0.6) is 0 Å². The Labute approximate surface area is 149 Å². The number of hydrogen-bond acceptors (Lipinski definition) is 8. The molecule has 124 valence electrons. The molecule has 0 saturated carbocycles. The summed E-state index contributed by atoms with van der Waals surface area (Å²) in [6.45, 7) is 1.81. The average Bonchev–Trinajstić information content (AvgIpc) is 3.25. The van der Waals surface area contributed by atoms with Gasteiger partial charge >= 0.3 is 0 Å². The third kappa shape index (κ3) is 3.83. The second-order valence-corrected chi connectivity index (χ2v) is 7.72. The highest BCUT2D eigenvalue weighted by Gasteiger charge is 2.16. The van der Waals surface area contributed by atoms with Gasteiger partial charge in [0.25, 0.3) is 5.91 Å². The molecule has 0 spiro atoms. The van der Waals surface area contributed by atoms with Crippen molar-refractivity contribution in [2.24, 2.45) is 5.73 Å². The summed E-state index contributed by atoms with van der Waals surface area (Å²) in [5, 5.41) is 5.47. The van der Waals surface area contributed by atoms with Crippen LogP contribution in [-0.4, -0.2) is 27.5 Å². The first-order chi connectivity index (χ1) is 11.5. The zero-order chi connectivity index (χ0) is 17.1. The van der Waals surface area contributed by atoms with Crippen LogP contribution in [0.3, 0.4) is 0 Å². The Kier molecular flexibility index (Phi) is 4.97. The van der Waals surface area contributed by atoms with E-state index >= 15 is 0 Å². The van der Waals surface area contributed by atoms with Crippen LogP contribution in [0.2, 0.25) is 0 Å². The van der Waals surface area contributed by atoms with Crippen molar-refractivity contribution in [1.29, 1.82) is 0 Å². The summed E-state index contributed by atoms with van der Waals surface area (Å²) in [7, 11) is 0. The molecule has 0 saturated heterocycles. The second kappa shape index (κ2) is 7.16. The zero-order valence-electron chi connectivity index (χ0n) is 12.4. The highest BCUT2D eigenvalue weighted by Crippen LogP contribution is 2.32. The molecule has 3 rings (SSSR count). The van der Waals surface area contributed by atoms with Crippen LogP contribution in [0.1, 0.15) is 16.2 Å². The molecule has 3 heterocycles. The van der Waals surface area contributed by atoms with Crippen molar-refractivity contribution in [1.82, 2.24) is 9.97 Å². The molecule has 3 aromatic heterocycles. The number of thioether (sulfide) groups is 1. The molecule has 0 aliphatic carbocycles. The summed E-state index contributed by atoms with van der Waals surface area (Å²) in [4.78, 5) is 31.7. The molecule has 2 amide bonds. The molecule has 0 aromatic carbocycles. The Bertz CT molecular complexity index is 870. The molecule has 0 aliphatic heterocycles. The van der Waals surface area contributed by atoms with Crippen molar-refractivity contribution < 1.29 is 14.0 Å². The van der Waals surface area contributed by atoms with Gasteiger partial charge < -0.3 is 10.2 Å². The fourth-order valence-electron chi connectivity index (χ4n) is 1.76. The van der Waals surface area contributed by atoms with E-state index in [1.54, 1.807) is 23.8 Å². The quantitative estimate of drug-likeness (QED) is 0.636. The number of nitrogens with zero attached hydrogens (tertiary/aromatic N) is 2. The van der Waals surface area contributed by atoms with Gasteiger partial charge in [-0.15, -0.1) is 23.1 Å². The van der Waals surface area contributed by atoms with E-state index < -0.39 is 5.91 Å². The van der Waals surface area contributed by atoms with E-state index in [0.717, 1.165) is 9.90 Å². The van der Waals surface area contributed by atoms with Gasteiger partial charge in [-0.3, -0.25) is 14.9 Å². The fourth-order valence-corrected chi connectivity index (χ4v) is 4.40. The normalized spacial score (nSPS) is 10.7. The number of amides is 2. The van der Waals surface area contributed by atoms with Crippen LogP contribution in [0.25, 0.3) is 10.8 Å². The molecule has 3 N–H and O–H groups in total. The predicted molar refractivity (Wildman–Crippen MR) is 94.5 cm³/mol. The predicted octanol–water partition coefficient (Wildman–Crippen LogP) is 3.00. The number of primary amides is 1. The lowest BCUT2D eigenvalue weighted by atomic mass is 10.4. The van der Waals surface area contributed by atoms with Crippen molar-refractivity contribution in [3.63, 3.8) is 0 Å². The number of anilines is 1. The van der Waals surface area contributed by atoms with Gasteiger partial charge in [-0.25, -0.2) is 9.97 Å². The topological polar surface area (TPSA) is 111 Å². The van der Waals surface area contributed by atoms with E-state index in [9.17, 15) is 9.59 Å². The molecule has 24 heavy (non-hydrogen) atoms. The first-order valence-corrected chi connectivity index (χ1v) is 9.40. The number of rotatable bonds is 6. The third-order valence-corrected chi connectivity index (χ3v) is 6.10. The molecule has 0 radical (unpaired) electrons. The van der Waals surface area contributed by atoms with Gasteiger partial charge in [0.15, 0.2) is 15.9 Å². The van der Waals surface area contributed by atoms with E-state index in [1.807, 2.05) is 6.92 Å². The molecular formula is C14H12N4O3S3. The third-order valence-electron chi connectivity index (χ3n) is 2.79. The number of carbonyl (C=O) groups excluding carboxylic acids is 2. The number of thiazole rings is 2. The van der Waals surface area contributed by atoms with Crippen LogP contribution >= 0.6 is 34.4 Å². The van der Waals surface area contributed by atoms with Gasteiger partial charge in [0, 0.05) is 5.38 Å². The van der Waals surface area contributed by atoms with Crippen LogP contribution < -0.4 is 11.1 Å². The molecule has 0 aliphatic rings. The highest BCUT2D eigenvalue weighted by atomic mass is 32.2. The van der Waals surface area contributed by atoms with Crippen LogP contribution in [0, 0.1) is 6.92 Å². The Morgan fingerprint density at radius 2 is 2.25 bits per heavy atom. The monoisotopic (exact) mass is 380 g/mol. The summed E-state index contributed by atoms with van der Waals surface area (Å²) < 4.78 is 6.11. The number of nitrogens with one attached hydrogen (secondary N) is 1. The summed E-state index contributed by atoms with van der Waals surface area (Å²) in [6, 6.07) is 3.55. The van der Waals surface area contributed by atoms with E-state index in [4.69, 9.17) is 10.2 Å². The van der Waals surface area contributed by atoms with Crippen LogP contribution in [-0.2, 0) is 4.79 Å². The lowest BCUT2D eigenvalue weighted by molar-refractivity contribution is -0.115. The first-order valence-electron chi connectivity index (χ1n) is 6.72. The Balaban J connectivity index is 1.69. The number of aromatic nitrogens is 2. The molecule has 10 heteroatoms. The molecule has 7 nitrogen and oxygen atoms in total. The SMILES string of the molecule is Cc1nc(NC(=O)c2csc(-c3ccco3)n2)sc1SCC(N)=O. The average molecular weight is 380 g/mol. The molecule has 3 aromatic rings. The maximum absolute atomic E-state index is 12.3. The van der Waals surface area contributed by atoms with Crippen LogP contribution in [0.4, 0.5) is 5.13 Å². The minimum atomic E-state index is -0.397. The number of carbonyl (C=O) groups is 2. The van der Waals surface area contributed by atoms with E-state index in [1.165, 1.54) is 34.4 Å². The van der Waals surface area contributed by atoms with Gasteiger partial charge in [-0.05, 0) is 19.1 Å². The van der Waals surface area contributed by atoms with Crippen molar-refractivity contribution in [3.05, 3.63) is 35.2 Å². The lowest BCUT2D eigenvalue weighted by Gasteiger charge is -1.97. The molecular weight excluding hydrogens is 368 g/mol. The Morgan fingerprint density at radius 1 is 1.42 bits per heavy atom. The summed E-state index contributed by atoms with van der Waals surface area (Å²) in [5.74, 6) is 0.0551. The maximum Gasteiger partial charge on any atom is 0.276 e. The van der Waals surface area contributed by atoms with Gasteiger partial charge in [-0.2, -0.15) is 0 Å². The van der Waals surface area contributed by atoms with Crippen molar-refractivity contribution >= 4 is 51.4 Å². The Hall–Kier alpha value is -2.17. The summed E-state index contributed by atoms with van der Waals surface area (Å²) in [5.41, 5.74) is 6.18. The maximum atomic E-state index is 12.3. The minimum absolute atomic E-state index is 0.176. The zero-order valence-corrected chi connectivity index (χ0v) is 14.9. The molecule has 0 bridgehead atoms. The number of aryl methyl sites for hydroxylation is 1. The van der Waals surface area contributed by atoms with Crippen LogP contribution in [0.15, 0.2) is 32.4 Å². The Morgan fingerprint density at radius 3 is 2.96 bits per heavy atom. The van der Waals surface area contributed by atoms with E-state index in [0.29, 0.717) is 21.6 Å². The van der Waals surface area contributed by atoms with Crippen molar-refractivity contribution in [2.45, 2.75) is 11.1 Å². The lowest BCUT2D eigenvalue weighted by Crippen LogP contribution is -2.12. The molecule has 0 atom stereocenters. The molecule has 0 fully saturated rings. The largest absolute Gasteiger partial charge is 0.462 e. The second-order valence-electron chi connectivity index (χ2n) is 4.62. The number of nitrogens with two attached hydrogens (primary N) is 1. The molecule has 0 unspecified atom stereocenters. The highest BCUT2D eigenvalue weighted by molar-refractivity contribution is 8.01. The number of furan rings is 1. The van der Waals surface area contributed by atoms with E-state index in [2.05, 4.69) is 15.3 Å². The van der Waals surface area contributed by atoms with Gasteiger partial charge in [0.1, 0.15) is 5.69 Å². The van der Waals surface area contributed by atoms with Gasteiger partial charge in [0.05, 0.1) is 21.9 Å². The van der Waals surface area contributed by atoms with Crippen molar-refractivity contribution in [3.8, 4) is 10.8 Å². The standard InChI is InChI=1S/C14H12N4O3S3/c1-7-13(23-6-10(15)19)24-14(16-7)18-11(20)8-5-22-12(17-8)9-3-2-4-21-9/h2-5H,6H2,1H3,(H2,15,19)(H,16,18,20). The fraction of sp³-hybridized carbons (Fsp3) is 0.143. The summed E-state index contributed by atoms with van der Waals surface area (Å²) >= 11 is 3.93. The number of hydrogen-bond donors (Lipinski definition) is 2. The van der Waals surface area contributed by atoms with Gasteiger partial charge in [-0.1, -0.05) is 11.3 Å².